The second-order valence-electron chi connectivity index (χ2n) is 5.25. The third-order valence-electron chi connectivity index (χ3n) is 3.51. The molecule has 1 atom stereocenters. The van der Waals surface area contributed by atoms with Crippen LogP contribution < -0.4 is 10.1 Å². The van der Waals surface area contributed by atoms with Crippen molar-refractivity contribution in [3.8, 4) is 5.75 Å². The minimum Gasteiger partial charge on any atom is -0.484 e. The van der Waals surface area contributed by atoms with Gasteiger partial charge in [-0.25, -0.2) is 0 Å². The Kier molecular flexibility index (Phi) is 6.62. The first-order chi connectivity index (χ1) is 10.7. The first-order valence-electron chi connectivity index (χ1n) is 7.27. The maximum absolute atomic E-state index is 6.16. The fraction of sp³-hybridized carbons (Fsp3) is 0.333. The van der Waals surface area contributed by atoms with Gasteiger partial charge in [-0.05, 0) is 48.8 Å². The van der Waals surface area contributed by atoms with Gasteiger partial charge in [-0.1, -0.05) is 35.9 Å². The van der Waals surface area contributed by atoms with Gasteiger partial charge in [-0.3, -0.25) is 0 Å². The van der Waals surface area contributed by atoms with Crippen molar-refractivity contribution < 1.29 is 4.74 Å². The molecule has 2 nitrogen and oxygen atoms in total. The van der Waals surface area contributed by atoms with Crippen molar-refractivity contribution in [1.82, 2.24) is 5.32 Å². The molecule has 118 valence electrons. The highest BCUT2D eigenvalue weighted by molar-refractivity contribution is 7.97. The third-order valence-corrected chi connectivity index (χ3v) is 3.76. The molecule has 0 spiro atoms. The van der Waals surface area contributed by atoms with E-state index in [9.17, 15) is 0 Å². The van der Waals surface area contributed by atoms with Crippen molar-refractivity contribution in [1.29, 1.82) is 0 Å². The van der Waals surface area contributed by atoms with E-state index in [0.29, 0.717) is 0 Å². The lowest BCUT2D eigenvalue weighted by Crippen LogP contribution is -2.21. The van der Waals surface area contributed by atoms with Gasteiger partial charge >= 0.3 is 0 Å². The molecule has 1 N–H and O–H groups in total. The van der Waals surface area contributed by atoms with E-state index in [2.05, 4.69) is 18.3 Å². The Hall–Kier alpha value is -1.16. The molecule has 1 aliphatic rings. The van der Waals surface area contributed by atoms with Crippen molar-refractivity contribution in [2.24, 2.45) is 0 Å². The molecule has 0 aliphatic carbocycles. The third kappa shape index (κ3) is 4.42. The van der Waals surface area contributed by atoms with Crippen LogP contribution in [0.15, 0.2) is 42.5 Å². The minimum atomic E-state index is 0.0281. The lowest BCUT2D eigenvalue weighted by molar-refractivity contribution is 0.210. The Morgan fingerprint density at radius 1 is 1.14 bits per heavy atom. The van der Waals surface area contributed by atoms with Gasteiger partial charge in [0.2, 0.25) is 0 Å². The molecular formula is C18H22ClNOS. The summed E-state index contributed by atoms with van der Waals surface area (Å²) >= 11 is 7.68. The van der Waals surface area contributed by atoms with Crippen LogP contribution in [-0.4, -0.2) is 19.1 Å². The summed E-state index contributed by atoms with van der Waals surface area (Å²) in [5.41, 5.74) is 3.66. The summed E-state index contributed by atoms with van der Waals surface area (Å²) in [7, 11) is 0. The maximum Gasteiger partial charge on any atom is 0.136 e. The van der Waals surface area contributed by atoms with Gasteiger partial charge in [0.1, 0.15) is 11.9 Å². The van der Waals surface area contributed by atoms with Gasteiger partial charge in [0.25, 0.3) is 0 Å². The molecule has 0 fully saturated rings. The fourth-order valence-corrected chi connectivity index (χ4v) is 2.52. The summed E-state index contributed by atoms with van der Waals surface area (Å²) in [6.07, 6.45) is 4.11. The molecule has 0 saturated carbocycles. The van der Waals surface area contributed by atoms with Crippen molar-refractivity contribution in [3.63, 3.8) is 0 Å². The lowest BCUT2D eigenvalue weighted by atomic mass is 10.1. The highest BCUT2D eigenvalue weighted by Gasteiger charge is 2.19. The lowest BCUT2D eigenvalue weighted by Gasteiger charge is -2.18. The SMILES string of the molecule is CSC.Cc1cccc2c1CNCC(c1ccc(Cl)cc1)O2. The number of ether oxygens (including phenoxy) is 1. The zero-order chi connectivity index (χ0) is 15.9. The quantitative estimate of drug-likeness (QED) is 0.804. The molecule has 2 aromatic carbocycles. The number of rotatable bonds is 1. The fourth-order valence-electron chi connectivity index (χ4n) is 2.40. The summed E-state index contributed by atoms with van der Waals surface area (Å²) in [5.74, 6) is 0.977. The number of hydrogen-bond donors (Lipinski definition) is 1. The molecule has 0 amide bonds. The topological polar surface area (TPSA) is 21.3 Å². The molecule has 0 saturated heterocycles. The van der Waals surface area contributed by atoms with Gasteiger partial charge in [0, 0.05) is 23.7 Å². The summed E-state index contributed by atoms with van der Waals surface area (Å²) in [4.78, 5) is 0. The number of aryl methyl sites for hydroxylation is 1. The molecule has 3 rings (SSSR count). The van der Waals surface area contributed by atoms with Gasteiger partial charge in [0.05, 0.1) is 0 Å². The average Bonchev–Trinajstić information content (AvgIpc) is 2.72. The number of hydrogen-bond acceptors (Lipinski definition) is 3. The Labute approximate surface area is 142 Å². The predicted octanol–water partition coefficient (Wildman–Crippen LogP) is 4.85. The van der Waals surface area contributed by atoms with Crippen LogP contribution in [-0.2, 0) is 6.54 Å². The molecule has 1 heterocycles. The van der Waals surface area contributed by atoms with Crippen molar-refractivity contribution in [2.45, 2.75) is 19.6 Å². The van der Waals surface area contributed by atoms with E-state index in [-0.39, 0.29) is 6.10 Å². The zero-order valence-electron chi connectivity index (χ0n) is 13.2. The van der Waals surface area contributed by atoms with Crippen molar-refractivity contribution in [3.05, 3.63) is 64.2 Å². The predicted molar refractivity (Wildman–Crippen MR) is 97.1 cm³/mol. The van der Waals surface area contributed by atoms with E-state index >= 15 is 0 Å². The summed E-state index contributed by atoms with van der Waals surface area (Å²) in [6, 6.07) is 14.1. The van der Waals surface area contributed by atoms with E-state index < -0.39 is 0 Å². The normalized spacial score (nSPS) is 16.6. The first kappa shape index (κ1) is 17.2. The number of halogens is 1. The molecule has 0 bridgehead atoms. The van der Waals surface area contributed by atoms with Crippen LogP contribution in [0.2, 0.25) is 5.02 Å². The van der Waals surface area contributed by atoms with Gasteiger partial charge < -0.3 is 10.1 Å². The van der Waals surface area contributed by atoms with Gasteiger partial charge in [-0.15, -0.1) is 0 Å². The Bertz CT molecular complexity index is 601. The first-order valence-corrected chi connectivity index (χ1v) is 9.28. The number of thioether (sulfide) groups is 1. The van der Waals surface area contributed by atoms with E-state index in [4.69, 9.17) is 16.3 Å². The largest absolute Gasteiger partial charge is 0.484 e. The van der Waals surface area contributed by atoms with Crippen molar-refractivity contribution in [2.75, 3.05) is 19.1 Å². The standard InChI is InChI=1S/C16H16ClNO.C2H6S/c1-11-3-2-4-15-14(11)9-18-10-16(19-15)12-5-7-13(17)8-6-12;1-3-2/h2-8,16,18H,9-10H2,1H3;1-2H3. The van der Waals surface area contributed by atoms with E-state index in [0.717, 1.165) is 29.4 Å². The molecule has 2 aromatic rings. The average molecular weight is 336 g/mol. The van der Waals surface area contributed by atoms with E-state index in [1.165, 1.54) is 11.1 Å². The summed E-state index contributed by atoms with van der Waals surface area (Å²) < 4.78 is 6.16. The second kappa shape index (κ2) is 8.47. The van der Waals surface area contributed by atoms with Crippen LogP contribution in [0.25, 0.3) is 0 Å². The molecule has 1 aliphatic heterocycles. The Morgan fingerprint density at radius 2 is 1.82 bits per heavy atom. The number of fused-ring (bicyclic) bond motifs is 1. The summed E-state index contributed by atoms with van der Waals surface area (Å²) in [5, 5.41) is 4.20. The summed E-state index contributed by atoms with van der Waals surface area (Å²) in [6.45, 7) is 3.77. The zero-order valence-corrected chi connectivity index (χ0v) is 14.8. The van der Waals surface area contributed by atoms with Crippen LogP contribution in [0.4, 0.5) is 0 Å². The monoisotopic (exact) mass is 335 g/mol. The van der Waals surface area contributed by atoms with Gasteiger partial charge in [0.15, 0.2) is 0 Å². The molecule has 1 unspecified atom stereocenters. The minimum absolute atomic E-state index is 0.0281. The smallest absolute Gasteiger partial charge is 0.136 e. The van der Waals surface area contributed by atoms with Crippen LogP contribution >= 0.6 is 23.4 Å². The van der Waals surface area contributed by atoms with Gasteiger partial charge in [-0.2, -0.15) is 11.8 Å². The molecule has 22 heavy (non-hydrogen) atoms. The Balaban J connectivity index is 0.000000545. The molecular weight excluding hydrogens is 314 g/mol. The Morgan fingerprint density at radius 3 is 2.50 bits per heavy atom. The molecule has 0 radical (unpaired) electrons. The van der Waals surface area contributed by atoms with Crippen LogP contribution in [0.5, 0.6) is 5.75 Å². The van der Waals surface area contributed by atoms with Crippen LogP contribution in [0.3, 0.4) is 0 Å². The molecule has 4 heteroatoms. The molecule has 0 aromatic heterocycles. The highest BCUT2D eigenvalue weighted by Crippen LogP contribution is 2.30. The van der Waals surface area contributed by atoms with Crippen LogP contribution in [0.1, 0.15) is 22.8 Å². The second-order valence-corrected chi connectivity index (χ2v) is 6.50. The highest BCUT2D eigenvalue weighted by atomic mass is 35.5. The van der Waals surface area contributed by atoms with E-state index in [1.807, 2.05) is 48.9 Å². The maximum atomic E-state index is 6.16. The number of nitrogens with one attached hydrogen (secondary N) is 1. The van der Waals surface area contributed by atoms with Crippen LogP contribution in [0, 0.1) is 6.92 Å². The van der Waals surface area contributed by atoms with Crippen molar-refractivity contribution >= 4 is 23.4 Å². The van der Waals surface area contributed by atoms with E-state index in [1.54, 1.807) is 11.8 Å². The number of benzene rings is 2.